The Morgan fingerprint density at radius 3 is 2.94 bits per heavy atom. The molecule has 1 saturated heterocycles. The molecule has 1 heterocycles. The zero-order valence-corrected chi connectivity index (χ0v) is 11.5. The van der Waals surface area contributed by atoms with Gasteiger partial charge in [0.1, 0.15) is 0 Å². The molecule has 1 N–H and O–H groups in total. The summed E-state index contributed by atoms with van der Waals surface area (Å²) in [6, 6.07) is 0.597. The Balaban J connectivity index is 1.80. The fourth-order valence-electron chi connectivity index (χ4n) is 3.16. The molecule has 1 aliphatic carbocycles. The lowest BCUT2D eigenvalue weighted by Crippen LogP contribution is -2.39. The van der Waals surface area contributed by atoms with Gasteiger partial charge in [-0.25, -0.2) is 0 Å². The average Bonchev–Trinajstić information content (AvgIpc) is 2.81. The van der Waals surface area contributed by atoms with E-state index in [1.165, 1.54) is 19.3 Å². The highest BCUT2D eigenvalue weighted by molar-refractivity contribution is 5.09. The van der Waals surface area contributed by atoms with E-state index in [1.54, 1.807) is 5.57 Å². The Hall–Kier alpha value is -0.340. The maximum atomic E-state index is 5.46. The molecule has 0 aromatic heterocycles. The lowest BCUT2D eigenvalue weighted by molar-refractivity contribution is 0.177. The molecule has 0 aromatic carbocycles. The summed E-state index contributed by atoms with van der Waals surface area (Å²) in [6.07, 6.45) is 6.28. The minimum Gasteiger partial charge on any atom is -0.381 e. The Kier molecular flexibility index (Phi) is 4.63. The van der Waals surface area contributed by atoms with E-state index >= 15 is 0 Å². The molecule has 0 saturated carbocycles. The van der Waals surface area contributed by atoms with Crippen LogP contribution < -0.4 is 5.32 Å². The van der Waals surface area contributed by atoms with E-state index in [4.69, 9.17) is 4.74 Å². The van der Waals surface area contributed by atoms with E-state index in [1.807, 2.05) is 0 Å². The van der Waals surface area contributed by atoms with Crippen LogP contribution in [0.25, 0.3) is 0 Å². The van der Waals surface area contributed by atoms with Gasteiger partial charge in [0.15, 0.2) is 0 Å². The molecule has 0 unspecified atom stereocenters. The Bertz CT molecular complexity index is 268. The number of rotatable bonds is 4. The largest absolute Gasteiger partial charge is 0.381 e. The molecular weight excluding hydrogens is 210 g/mol. The molecule has 2 nitrogen and oxygen atoms in total. The van der Waals surface area contributed by atoms with Crippen molar-refractivity contribution >= 4 is 0 Å². The fourth-order valence-corrected chi connectivity index (χ4v) is 3.16. The van der Waals surface area contributed by atoms with E-state index in [2.05, 4.69) is 32.2 Å². The van der Waals surface area contributed by atoms with E-state index < -0.39 is 0 Å². The highest BCUT2D eigenvalue weighted by Crippen LogP contribution is 2.29. The van der Waals surface area contributed by atoms with Crippen LogP contribution in [0.5, 0.6) is 0 Å². The first kappa shape index (κ1) is 13.1. The maximum Gasteiger partial charge on any atom is 0.0509 e. The summed E-state index contributed by atoms with van der Waals surface area (Å²) < 4.78 is 5.46. The second kappa shape index (κ2) is 6.01. The predicted molar refractivity (Wildman–Crippen MR) is 72.0 cm³/mol. The lowest BCUT2D eigenvalue weighted by Gasteiger charge is -2.31. The van der Waals surface area contributed by atoms with Crippen molar-refractivity contribution < 1.29 is 4.74 Å². The van der Waals surface area contributed by atoms with Crippen LogP contribution in [0.3, 0.4) is 0 Å². The molecule has 98 valence electrons. The van der Waals surface area contributed by atoms with E-state index in [0.29, 0.717) is 6.04 Å². The van der Waals surface area contributed by atoms with Crippen LogP contribution in [0.15, 0.2) is 11.6 Å². The lowest BCUT2D eigenvalue weighted by atomic mass is 9.80. The van der Waals surface area contributed by atoms with Crippen molar-refractivity contribution in [2.45, 2.75) is 46.1 Å². The maximum absolute atomic E-state index is 5.46. The third-order valence-corrected chi connectivity index (χ3v) is 4.69. The first-order valence-corrected chi connectivity index (χ1v) is 7.16. The van der Waals surface area contributed by atoms with Gasteiger partial charge >= 0.3 is 0 Å². The van der Waals surface area contributed by atoms with Gasteiger partial charge in [-0.15, -0.1) is 0 Å². The minimum absolute atomic E-state index is 0.597. The van der Waals surface area contributed by atoms with Gasteiger partial charge in [-0.1, -0.05) is 18.6 Å². The fraction of sp³-hybridized carbons (Fsp3) is 0.867. The van der Waals surface area contributed by atoms with Crippen LogP contribution in [0.1, 0.15) is 40.0 Å². The summed E-state index contributed by atoms with van der Waals surface area (Å²) in [7, 11) is 0. The number of nitrogens with one attached hydrogen (secondary N) is 1. The van der Waals surface area contributed by atoms with Gasteiger partial charge < -0.3 is 10.1 Å². The van der Waals surface area contributed by atoms with Gasteiger partial charge in [-0.2, -0.15) is 0 Å². The zero-order chi connectivity index (χ0) is 12.3. The van der Waals surface area contributed by atoms with Gasteiger partial charge in [0.05, 0.1) is 6.61 Å². The van der Waals surface area contributed by atoms with Crippen molar-refractivity contribution in [1.82, 2.24) is 5.32 Å². The van der Waals surface area contributed by atoms with E-state index in [-0.39, 0.29) is 0 Å². The summed E-state index contributed by atoms with van der Waals surface area (Å²) in [5, 5.41) is 3.73. The van der Waals surface area contributed by atoms with E-state index in [0.717, 1.165) is 37.5 Å². The summed E-state index contributed by atoms with van der Waals surface area (Å²) in [4.78, 5) is 0. The van der Waals surface area contributed by atoms with E-state index in [9.17, 15) is 0 Å². The van der Waals surface area contributed by atoms with Crippen molar-refractivity contribution in [3.63, 3.8) is 0 Å². The molecule has 0 aromatic rings. The van der Waals surface area contributed by atoms with Gasteiger partial charge in [-0.3, -0.25) is 0 Å². The molecule has 0 radical (unpaired) electrons. The number of allylic oxidation sites excluding steroid dienone is 1. The van der Waals surface area contributed by atoms with Crippen LogP contribution in [-0.2, 0) is 4.74 Å². The minimum atomic E-state index is 0.597. The van der Waals surface area contributed by atoms with Crippen molar-refractivity contribution in [3.8, 4) is 0 Å². The third-order valence-electron chi connectivity index (χ3n) is 4.69. The highest BCUT2D eigenvalue weighted by Gasteiger charge is 2.25. The molecule has 0 amide bonds. The molecular formula is C15H27NO. The Morgan fingerprint density at radius 2 is 2.29 bits per heavy atom. The second-order valence-electron chi connectivity index (χ2n) is 5.93. The zero-order valence-electron chi connectivity index (χ0n) is 11.5. The van der Waals surface area contributed by atoms with Crippen molar-refractivity contribution in [1.29, 1.82) is 0 Å². The van der Waals surface area contributed by atoms with Gasteiger partial charge in [0.2, 0.25) is 0 Å². The molecule has 0 spiro atoms. The first-order valence-electron chi connectivity index (χ1n) is 7.16. The molecule has 2 aliphatic rings. The summed E-state index contributed by atoms with van der Waals surface area (Å²) >= 11 is 0. The van der Waals surface area contributed by atoms with Crippen LogP contribution in [0.4, 0.5) is 0 Å². The standard InChI is InChI=1S/C15H27NO/c1-11-5-4-6-12(2)15(11)9-16-13(3)14-7-8-17-10-14/h5,12-16H,4,6-10H2,1-3H3/t12-,13-,14+,15+/m0/s1. The topological polar surface area (TPSA) is 21.3 Å². The second-order valence-corrected chi connectivity index (χ2v) is 5.93. The summed E-state index contributed by atoms with van der Waals surface area (Å²) in [5.41, 5.74) is 1.59. The molecule has 0 bridgehead atoms. The van der Waals surface area contributed by atoms with Gasteiger partial charge in [-0.05, 0) is 50.9 Å². The Morgan fingerprint density at radius 1 is 1.47 bits per heavy atom. The third kappa shape index (κ3) is 3.32. The summed E-state index contributed by atoms with van der Waals surface area (Å²) in [5.74, 6) is 2.30. The number of hydrogen-bond acceptors (Lipinski definition) is 2. The van der Waals surface area contributed by atoms with Crippen LogP contribution in [-0.4, -0.2) is 25.8 Å². The van der Waals surface area contributed by atoms with Crippen molar-refractivity contribution in [2.75, 3.05) is 19.8 Å². The molecule has 17 heavy (non-hydrogen) atoms. The number of ether oxygens (including phenoxy) is 1. The van der Waals surface area contributed by atoms with Gasteiger partial charge in [0, 0.05) is 19.2 Å². The normalized spacial score (nSPS) is 35.7. The predicted octanol–water partition coefficient (Wildman–Crippen LogP) is 2.99. The molecule has 1 aliphatic heterocycles. The molecule has 4 atom stereocenters. The highest BCUT2D eigenvalue weighted by atomic mass is 16.5. The van der Waals surface area contributed by atoms with Crippen LogP contribution in [0.2, 0.25) is 0 Å². The monoisotopic (exact) mass is 237 g/mol. The molecule has 2 rings (SSSR count). The SMILES string of the molecule is CC1=CCC[C@H](C)[C@@H]1CN[C@@H](C)[C@@H]1CCOC1. The summed E-state index contributed by atoms with van der Waals surface area (Å²) in [6.45, 7) is 10.0. The van der Waals surface area contributed by atoms with Crippen molar-refractivity contribution in [2.24, 2.45) is 17.8 Å². The van der Waals surface area contributed by atoms with Crippen molar-refractivity contribution in [3.05, 3.63) is 11.6 Å². The smallest absolute Gasteiger partial charge is 0.0509 e. The molecule has 2 heteroatoms. The average molecular weight is 237 g/mol. The quantitative estimate of drug-likeness (QED) is 0.759. The van der Waals surface area contributed by atoms with Crippen LogP contribution >= 0.6 is 0 Å². The Labute approximate surface area is 106 Å². The van der Waals surface area contributed by atoms with Crippen LogP contribution in [0, 0.1) is 17.8 Å². The first-order chi connectivity index (χ1) is 8.18. The number of hydrogen-bond donors (Lipinski definition) is 1. The molecule has 1 fully saturated rings. The van der Waals surface area contributed by atoms with Gasteiger partial charge in [0.25, 0.3) is 0 Å².